The molecule has 2 unspecified atom stereocenters. The first-order valence-corrected chi connectivity index (χ1v) is 7.48. The minimum absolute atomic E-state index is 0.184. The normalized spacial score (nSPS) is 25.6. The SMILES string of the molecule is CC1(C)C2CC=C(/C=C/C(=O)c3c(O)cc(O)cc3O)C1C2. The van der Waals surface area contributed by atoms with E-state index in [1.807, 2.05) is 0 Å². The summed E-state index contributed by atoms with van der Waals surface area (Å²) in [7, 11) is 0. The summed E-state index contributed by atoms with van der Waals surface area (Å²) in [4.78, 5) is 12.2. The number of hydrogen-bond donors (Lipinski definition) is 3. The lowest BCUT2D eigenvalue weighted by Gasteiger charge is -2.56. The Balaban J connectivity index is 1.82. The molecule has 0 amide bonds. The number of fused-ring (bicyclic) bond motifs is 1. The molecule has 22 heavy (non-hydrogen) atoms. The summed E-state index contributed by atoms with van der Waals surface area (Å²) in [5, 5.41) is 28.7. The van der Waals surface area contributed by atoms with Crippen LogP contribution in [0.1, 0.15) is 37.0 Å². The van der Waals surface area contributed by atoms with Crippen molar-refractivity contribution in [2.45, 2.75) is 26.7 Å². The Hall–Kier alpha value is -2.23. The Morgan fingerprint density at radius 1 is 1.23 bits per heavy atom. The van der Waals surface area contributed by atoms with Crippen LogP contribution < -0.4 is 0 Å². The van der Waals surface area contributed by atoms with Gasteiger partial charge in [-0.15, -0.1) is 0 Å². The number of carbonyl (C=O) groups is 1. The molecule has 1 fully saturated rings. The van der Waals surface area contributed by atoms with Crippen LogP contribution in [-0.4, -0.2) is 21.1 Å². The third kappa shape index (κ3) is 2.19. The van der Waals surface area contributed by atoms with Crippen molar-refractivity contribution in [1.29, 1.82) is 0 Å². The van der Waals surface area contributed by atoms with Gasteiger partial charge in [-0.3, -0.25) is 4.79 Å². The molecule has 0 aromatic heterocycles. The number of phenols is 3. The van der Waals surface area contributed by atoms with E-state index in [-0.39, 0.29) is 16.7 Å². The molecular weight excluding hydrogens is 280 g/mol. The highest BCUT2D eigenvalue weighted by atomic mass is 16.3. The Kier molecular flexibility index (Phi) is 3.28. The molecule has 4 rings (SSSR count). The topological polar surface area (TPSA) is 77.8 Å². The van der Waals surface area contributed by atoms with Gasteiger partial charge in [0.15, 0.2) is 5.78 Å². The lowest BCUT2D eigenvalue weighted by Crippen LogP contribution is -2.47. The number of rotatable bonds is 3. The molecule has 2 atom stereocenters. The van der Waals surface area contributed by atoms with E-state index in [0.29, 0.717) is 5.92 Å². The maximum absolute atomic E-state index is 12.2. The molecule has 0 radical (unpaired) electrons. The molecule has 4 nitrogen and oxygen atoms in total. The summed E-state index contributed by atoms with van der Waals surface area (Å²) < 4.78 is 0. The minimum Gasteiger partial charge on any atom is -0.508 e. The van der Waals surface area contributed by atoms with Crippen LogP contribution >= 0.6 is 0 Å². The second kappa shape index (κ2) is 4.90. The summed E-state index contributed by atoms with van der Waals surface area (Å²) in [5.41, 5.74) is 1.25. The number of aromatic hydroxyl groups is 3. The molecule has 1 aromatic rings. The average molecular weight is 300 g/mol. The highest BCUT2D eigenvalue weighted by molar-refractivity contribution is 6.08. The number of hydrogen-bond acceptors (Lipinski definition) is 4. The van der Waals surface area contributed by atoms with Crippen LogP contribution in [-0.2, 0) is 0 Å². The van der Waals surface area contributed by atoms with Crippen molar-refractivity contribution >= 4 is 5.78 Å². The highest BCUT2D eigenvalue weighted by Crippen LogP contribution is 2.59. The number of allylic oxidation sites excluding steroid dienone is 4. The van der Waals surface area contributed by atoms with Crippen LogP contribution in [0.25, 0.3) is 0 Å². The van der Waals surface area contributed by atoms with Crippen LogP contribution in [0.2, 0.25) is 0 Å². The third-order valence-electron chi connectivity index (χ3n) is 5.27. The van der Waals surface area contributed by atoms with E-state index < -0.39 is 17.3 Å². The number of carbonyl (C=O) groups excluding carboxylic acids is 1. The zero-order chi connectivity index (χ0) is 16.1. The maximum Gasteiger partial charge on any atom is 0.193 e. The zero-order valence-corrected chi connectivity index (χ0v) is 12.7. The van der Waals surface area contributed by atoms with Gasteiger partial charge in [0.1, 0.15) is 22.8 Å². The van der Waals surface area contributed by atoms with Gasteiger partial charge in [0, 0.05) is 12.1 Å². The molecule has 0 aliphatic heterocycles. The molecule has 1 aromatic carbocycles. The minimum atomic E-state index is -0.477. The first kappa shape index (κ1) is 14.7. The van der Waals surface area contributed by atoms with Gasteiger partial charge < -0.3 is 15.3 Å². The van der Waals surface area contributed by atoms with Crippen LogP contribution in [0.15, 0.2) is 35.9 Å². The predicted octanol–water partition coefficient (Wildman–Crippen LogP) is 3.53. The van der Waals surface area contributed by atoms with Crippen molar-refractivity contribution in [3.63, 3.8) is 0 Å². The molecule has 4 heteroatoms. The van der Waals surface area contributed by atoms with E-state index in [4.69, 9.17) is 0 Å². The lowest BCUT2D eigenvalue weighted by molar-refractivity contribution is -0.00330. The summed E-state index contributed by atoms with van der Waals surface area (Å²) in [6.07, 6.45) is 7.53. The summed E-state index contributed by atoms with van der Waals surface area (Å²) in [6, 6.07) is 2.08. The van der Waals surface area contributed by atoms with Crippen molar-refractivity contribution < 1.29 is 20.1 Å². The van der Waals surface area contributed by atoms with E-state index in [0.717, 1.165) is 36.5 Å². The maximum atomic E-state index is 12.2. The fourth-order valence-corrected chi connectivity index (χ4v) is 3.69. The van der Waals surface area contributed by atoms with Crippen LogP contribution in [0, 0.1) is 17.3 Å². The molecular formula is C18H20O4. The van der Waals surface area contributed by atoms with Crippen molar-refractivity contribution in [3.05, 3.63) is 41.5 Å². The molecule has 1 saturated carbocycles. The van der Waals surface area contributed by atoms with Gasteiger partial charge in [-0.25, -0.2) is 0 Å². The quantitative estimate of drug-likeness (QED) is 0.589. The van der Waals surface area contributed by atoms with Crippen LogP contribution in [0.4, 0.5) is 0 Å². The van der Waals surface area contributed by atoms with Gasteiger partial charge in [0.2, 0.25) is 0 Å². The highest BCUT2D eigenvalue weighted by Gasteiger charge is 2.50. The molecule has 116 valence electrons. The lowest BCUT2D eigenvalue weighted by atomic mass is 9.49. The average Bonchev–Trinajstić information content (AvgIpc) is 2.44. The van der Waals surface area contributed by atoms with E-state index >= 15 is 0 Å². The van der Waals surface area contributed by atoms with Gasteiger partial charge in [0.25, 0.3) is 0 Å². The third-order valence-corrected chi connectivity index (χ3v) is 5.27. The van der Waals surface area contributed by atoms with Crippen molar-refractivity contribution in [3.8, 4) is 17.2 Å². The van der Waals surface area contributed by atoms with E-state index in [1.165, 1.54) is 6.08 Å². The Labute approximate surface area is 129 Å². The fraction of sp³-hybridized carbons (Fsp3) is 0.389. The number of benzene rings is 1. The largest absolute Gasteiger partial charge is 0.508 e. The first-order valence-electron chi connectivity index (χ1n) is 7.48. The Bertz CT molecular complexity index is 674. The molecule has 3 N–H and O–H groups in total. The standard InChI is InChI=1S/C18H20O4/c1-18(2)11-5-3-10(13(18)7-11)4-6-14(20)17-15(21)8-12(19)9-16(17)22/h3-4,6,8-9,11,13,19,21-22H,5,7H2,1-2H3/b6-4+. The smallest absolute Gasteiger partial charge is 0.193 e. The second-order valence-corrected chi connectivity index (χ2v) is 6.80. The summed E-state index contributed by atoms with van der Waals surface area (Å²) >= 11 is 0. The molecule has 3 aliphatic rings. The first-order chi connectivity index (χ1) is 10.3. The van der Waals surface area contributed by atoms with Gasteiger partial charge in [-0.2, -0.15) is 0 Å². The van der Waals surface area contributed by atoms with Gasteiger partial charge in [0.05, 0.1) is 0 Å². The van der Waals surface area contributed by atoms with Crippen molar-refractivity contribution in [2.75, 3.05) is 0 Å². The molecule has 0 saturated heterocycles. The van der Waals surface area contributed by atoms with Crippen molar-refractivity contribution in [1.82, 2.24) is 0 Å². The molecule has 0 spiro atoms. The van der Waals surface area contributed by atoms with Crippen LogP contribution in [0.3, 0.4) is 0 Å². The van der Waals surface area contributed by atoms with Crippen molar-refractivity contribution in [2.24, 2.45) is 17.3 Å². The Morgan fingerprint density at radius 3 is 2.41 bits per heavy atom. The Morgan fingerprint density at radius 2 is 1.86 bits per heavy atom. The summed E-state index contributed by atoms with van der Waals surface area (Å²) in [6.45, 7) is 4.51. The number of ketones is 1. The fourth-order valence-electron chi connectivity index (χ4n) is 3.69. The molecule has 0 heterocycles. The monoisotopic (exact) mass is 300 g/mol. The van der Waals surface area contributed by atoms with Gasteiger partial charge in [-0.05, 0) is 41.7 Å². The van der Waals surface area contributed by atoms with E-state index in [1.54, 1.807) is 6.08 Å². The molecule has 2 bridgehead atoms. The van der Waals surface area contributed by atoms with E-state index in [2.05, 4.69) is 19.9 Å². The second-order valence-electron chi connectivity index (χ2n) is 6.80. The van der Waals surface area contributed by atoms with E-state index in [9.17, 15) is 20.1 Å². The summed E-state index contributed by atoms with van der Waals surface area (Å²) in [5.74, 6) is -0.404. The van der Waals surface area contributed by atoms with Crippen LogP contribution in [0.5, 0.6) is 17.2 Å². The number of phenolic OH excluding ortho intramolecular Hbond substituents is 3. The van der Waals surface area contributed by atoms with Gasteiger partial charge >= 0.3 is 0 Å². The molecule has 3 aliphatic carbocycles. The zero-order valence-electron chi connectivity index (χ0n) is 12.7. The van der Waals surface area contributed by atoms with Gasteiger partial charge in [-0.1, -0.05) is 26.0 Å². The predicted molar refractivity (Wildman–Crippen MR) is 83.0 cm³/mol.